The van der Waals surface area contributed by atoms with E-state index in [2.05, 4.69) is 10.3 Å². The van der Waals surface area contributed by atoms with Gasteiger partial charge in [0.1, 0.15) is 5.84 Å². The number of nitrogens with zero attached hydrogens (tertiary/aromatic N) is 1. The minimum atomic E-state index is -0.222. The fraction of sp³-hybridized carbons (Fsp3) is 0.250. The lowest BCUT2D eigenvalue weighted by molar-refractivity contribution is -0.117. The summed E-state index contributed by atoms with van der Waals surface area (Å²) in [6, 6.07) is 6.78. The van der Waals surface area contributed by atoms with Crippen LogP contribution in [0, 0.1) is 0 Å². The van der Waals surface area contributed by atoms with Gasteiger partial charge in [0.05, 0.1) is 0 Å². The molecule has 3 N–H and O–H groups in total. The first kappa shape index (κ1) is 12.9. The minimum Gasteiger partial charge on any atom is -0.383 e. The third-order valence-corrected chi connectivity index (χ3v) is 2.12. The maximum atomic E-state index is 11.3. The van der Waals surface area contributed by atoms with Crippen molar-refractivity contribution in [1.29, 1.82) is 0 Å². The molecule has 2 amide bonds. The van der Waals surface area contributed by atoms with Crippen LogP contribution in [-0.4, -0.2) is 18.2 Å². The van der Waals surface area contributed by atoms with E-state index in [1.165, 1.54) is 0 Å². The number of carbonyl (C=O) groups excluding carboxylic acids is 2. The normalized spacial score (nSPS) is 11.0. The lowest BCUT2D eigenvalue weighted by atomic mass is 10.2. The number of carbonyl (C=O) groups is 2. The third kappa shape index (κ3) is 4.06. The molecule has 90 valence electrons. The first-order chi connectivity index (χ1) is 8.17. The van der Waals surface area contributed by atoms with Crippen molar-refractivity contribution in [1.82, 2.24) is 0 Å². The van der Waals surface area contributed by atoms with E-state index in [0.29, 0.717) is 24.1 Å². The molecule has 0 saturated carbocycles. The van der Waals surface area contributed by atoms with Gasteiger partial charge in [-0.05, 0) is 30.7 Å². The molecule has 0 unspecified atom stereocenters. The fourth-order valence-corrected chi connectivity index (χ4v) is 1.27. The monoisotopic (exact) mass is 233 g/mol. The molecule has 0 aliphatic rings. The summed E-state index contributed by atoms with van der Waals surface area (Å²) in [5, 5.41) is 2.51. The first-order valence-corrected chi connectivity index (χ1v) is 5.35. The number of benzene rings is 1. The number of rotatable bonds is 5. The van der Waals surface area contributed by atoms with Crippen molar-refractivity contribution in [3.63, 3.8) is 0 Å². The van der Waals surface area contributed by atoms with Gasteiger partial charge >= 0.3 is 0 Å². The van der Waals surface area contributed by atoms with Crippen LogP contribution in [0.25, 0.3) is 0 Å². The molecule has 1 aromatic carbocycles. The molecule has 0 spiro atoms. The predicted molar refractivity (Wildman–Crippen MR) is 66.8 cm³/mol. The third-order valence-electron chi connectivity index (χ3n) is 2.12. The zero-order valence-electron chi connectivity index (χ0n) is 9.64. The Kier molecular flexibility index (Phi) is 4.87. The van der Waals surface area contributed by atoms with Crippen LogP contribution in [0.3, 0.4) is 0 Å². The second-order valence-electron chi connectivity index (χ2n) is 3.48. The summed E-state index contributed by atoms with van der Waals surface area (Å²) < 4.78 is 0. The number of nitrogens with two attached hydrogens (primary N) is 1. The van der Waals surface area contributed by atoms with Gasteiger partial charge in [-0.1, -0.05) is 6.92 Å². The molecule has 0 aromatic heterocycles. The summed E-state index contributed by atoms with van der Waals surface area (Å²) in [6.07, 6.45) is 1.74. The summed E-state index contributed by atoms with van der Waals surface area (Å²) in [5.41, 5.74) is 7.01. The van der Waals surface area contributed by atoms with Gasteiger partial charge < -0.3 is 11.1 Å². The number of anilines is 1. The summed E-state index contributed by atoms with van der Waals surface area (Å²) in [4.78, 5) is 25.3. The Balaban J connectivity index is 2.78. The van der Waals surface area contributed by atoms with Crippen molar-refractivity contribution in [3.05, 3.63) is 29.8 Å². The molecule has 5 nitrogen and oxygen atoms in total. The zero-order chi connectivity index (χ0) is 12.7. The average molecular weight is 233 g/mol. The molecule has 5 heteroatoms. The van der Waals surface area contributed by atoms with Gasteiger partial charge in [0.15, 0.2) is 0 Å². The highest BCUT2D eigenvalue weighted by Gasteiger charge is 2.02. The highest BCUT2D eigenvalue weighted by Crippen LogP contribution is 2.08. The quantitative estimate of drug-likeness (QED) is 0.456. The van der Waals surface area contributed by atoms with E-state index in [1.54, 1.807) is 24.3 Å². The first-order valence-electron chi connectivity index (χ1n) is 5.35. The molecule has 0 fully saturated rings. The molecule has 0 radical (unpaired) electrons. The Bertz CT molecular complexity index is 424. The largest absolute Gasteiger partial charge is 0.383 e. The van der Waals surface area contributed by atoms with Crippen molar-refractivity contribution < 1.29 is 9.59 Å². The topological polar surface area (TPSA) is 84.6 Å². The number of amidine groups is 1. The zero-order valence-corrected chi connectivity index (χ0v) is 9.64. The van der Waals surface area contributed by atoms with Crippen molar-refractivity contribution in [2.45, 2.75) is 19.8 Å². The molecular weight excluding hydrogens is 218 g/mol. The van der Waals surface area contributed by atoms with E-state index >= 15 is 0 Å². The Hall–Kier alpha value is -2.17. The smallest absolute Gasteiger partial charge is 0.247 e. The fourth-order valence-electron chi connectivity index (χ4n) is 1.27. The van der Waals surface area contributed by atoms with Gasteiger partial charge in [-0.2, -0.15) is 4.99 Å². The van der Waals surface area contributed by atoms with Crippen LogP contribution < -0.4 is 11.1 Å². The maximum absolute atomic E-state index is 11.3. The minimum absolute atomic E-state index is 0.195. The molecule has 1 rings (SSSR count). The second-order valence-corrected chi connectivity index (χ2v) is 3.48. The Labute approximate surface area is 99.7 Å². The Morgan fingerprint density at radius 1 is 1.41 bits per heavy atom. The van der Waals surface area contributed by atoms with E-state index in [1.807, 2.05) is 6.92 Å². The number of nitrogens with one attached hydrogen (secondary N) is 1. The van der Waals surface area contributed by atoms with E-state index in [9.17, 15) is 9.59 Å². The van der Waals surface area contributed by atoms with Crippen molar-refractivity contribution >= 4 is 23.8 Å². The standard InChI is InChI=1S/C12H15N3O2/c1-2-3-11(17)15-12(13)9-4-6-10(7-5-9)14-8-16/h4-8H,2-3H2,1H3,(H,14,16)(H2,13,15,17). The van der Waals surface area contributed by atoms with E-state index in [0.717, 1.165) is 6.42 Å². The van der Waals surface area contributed by atoms with E-state index in [4.69, 9.17) is 5.73 Å². The van der Waals surface area contributed by atoms with Crippen LogP contribution in [0.1, 0.15) is 25.3 Å². The summed E-state index contributed by atoms with van der Waals surface area (Å²) in [6.45, 7) is 1.91. The summed E-state index contributed by atoms with van der Waals surface area (Å²) in [7, 11) is 0. The van der Waals surface area contributed by atoms with Gasteiger partial charge in [-0.3, -0.25) is 9.59 Å². The highest BCUT2D eigenvalue weighted by atomic mass is 16.1. The molecule has 0 aliphatic carbocycles. The van der Waals surface area contributed by atoms with Gasteiger partial charge in [0, 0.05) is 17.7 Å². The van der Waals surface area contributed by atoms with Crippen LogP contribution in [0.2, 0.25) is 0 Å². The molecule has 0 atom stereocenters. The number of amides is 2. The Morgan fingerprint density at radius 3 is 2.59 bits per heavy atom. The molecule has 0 heterocycles. The molecular formula is C12H15N3O2. The lowest BCUT2D eigenvalue weighted by Gasteiger charge is -2.02. The van der Waals surface area contributed by atoms with Crippen molar-refractivity contribution in [3.8, 4) is 0 Å². The van der Waals surface area contributed by atoms with E-state index in [-0.39, 0.29) is 11.7 Å². The van der Waals surface area contributed by atoms with Gasteiger partial charge in [0.25, 0.3) is 0 Å². The van der Waals surface area contributed by atoms with Gasteiger partial charge in [0.2, 0.25) is 12.3 Å². The number of hydrogen-bond donors (Lipinski definition) is 2. The maximum Gasteiger partial charge on any atom is 0.247 e. The van der Waals surface area contributed by atoms with Gasteiger partial charge in [-0.25, -0.2) is 0 Å². The highest BCUT2D eigenvalue weighted by molar-refractivity contribution is 6.04. The summed E-state index contributed by atoms with van der Waals surface area (Å²) >= 11 is 0. The van der Waals surface area contributed by atoms with Crippen molar-refractivity contribution in [2.75, 3.05) is 5.32 Å². The van der Waals surface area contributed by atoms with Crippen LogP contribution in [-0.2, 0) is 9.59 Å². The van der Waals surface area contributed by atoms with Crippen LogP contribution >= 0.6 is 0 Å². The number of hydrogen-bond acceptors (Lipinski definition) is 2. The predicted octanol–water partition coefficient (Wildman–Crippen LogP) is 1.29. The Morgan fingerprint density at radius 2 is 2.06 bits per heavy atom. The molecule has 0 saturated heterocycles. The van der Waals surface area contributed by atoms with Crippen LogP contribution in [0.5, 0.6) is 0 Å². The SMILES string of the molecule is CCCC(=O)N=C(N)c1ccc(NC=O)cc1. The van der Waals surface area contributed by atoms with Gasteiger partial charge in [-0.15, -0.1) is 0 Å². The van der Waals surface area contributed by atoms with E-state index < -0.39 is 0 Å². The molecule has 0 bridgehead atoms. The van der Waals surface area contributed by atoms with Crippen LogP contribution in [0.4, 0.5) is 5.69 Å². The summed E-state index contributed by atoms with van der Waals surface area (Å²) in [5.74, 6) is -0.0267. The van der Waals surface area contributed by atoms with Crippen LogP contribution in [0.15, 0.2) is 29.3 Å². The number of aliphatic imine (C=N–C) groups is 1. The molecule has 1 aromatic rings. The molecule has 17 heavy (non-hydrogen) atoms. The van der Waals surface area contributed by atoms with Crippen molar-refractivity contribution in [2.24, 2.45) is 10.7 Å². The average Bonchev–Trinajstić information content (AvgIpc) is 2.30. The lowest BCUT2D eigenvalue weighted by Crippen LogP contribution is -2.15. The molecule has 0 aliphatic heterocycles. The second kappa shape index (κ2) is 6.42.